The third kappa shape index (κ3) is 3.58. The van der Waals surface area contributed by atoms with Crippen LogP contribution in [0.25, 0.3) is 22.4 Å². The van der Waals surface area contributed by atoms with Gasteiger partial charge in [-0.25, -0.2) is 4.98 Å². The molecule has 0 aliphatic carbocycles. The highest BCUT2D eigenvalue weighted by molar-refractivity contribution is 6.62. The van der Waals surface area contributed by atoms with Crippen LogP contribution in [0.15, 0.2) is 42.6 Å². The number of aromatic nitrogens is 2. The number of hydrogen-bond donors (Lipinski definition) is 2. The van der Waals surface area contributed by atoms with Gasteiger partial charge in [-0.1, -0.05) is 36.4 Å². The summed E-state index contributed by atoms with van der Waals surface area (Å²) in [6.45, 7) is 9.61. The van der Waals surface area contributed by atoms with E-state index in [0.717, 1.165) is 24.5 Å². The van der Waals surface area contributed by atoms with Crippen molar-refractivity contribution in [1.82, 2.24) is 20.2 Å². The topological polar surface area (TPSA) is 62.4 Å². The lowest BCUT2D eigenvalue weighted by Gasteiger charge is -2.32. The lowest BCUT2D eigenvalue weighted by atomic mass is 9.70. The van der Waals surface area contributed by atoms with Crippen LogP contribution >= 0.6 is 0 Å². The second kappa shape index (κ2) is 8.28. The molecule has 3 atom stereocenters. The van der Waals surface area contributed by atoms with Crippen molar-refractivity contribution in [3.05, 3.63) is 59.5 Å². The number of hydrogen-bond acceptors (Lipinski definition) is 5. The fraction of sp³-hybridized carbons (Fsp3) is 0.500. The second-order valence-corrected chi connectivity index (χ2v) is 12.3. The van der Waals surface area contributed by atoms with Gasteiger partial charge in [0.05, 0.1) is 29.1 Å². The van der Waals surface area contributed by atoms with E-state index in [-0.39, 0.29) is 18.3 Å². The lowest BCUT2D eigenvalue weighted by Crippen LogP contribution is -2.41. The highest BCUT2D eigenvalue weighted by Gasteiger charge is 2.54. The largest absolute Gasteiger partial charge is 0.495 e. The van der Waals surface area contributed by atoms with E-state index in [1.165, 1.54) is 52.5 Å². The first kappa shape index (κ1) is 23.7. The van der Waals surface area contributed by atoms with Crippen molar-refractivity contribution in [2.45, 2.75) is 82.7 Å². The number of nitrogens with one attached hydrogen (secondary N) is 2. The van der Waals surface area contributed by atoms with Crippen molar-refractivity contribution < 1.29 is 9.31 Å². The first-order valence-corrected chi connectivity index (χ1v) is 13.9. The Morgan fingerprint density at radius 1 is 0.892 bits per heavy atom. The van der Waals surface area contributed by atoms with Crippen molar-refractivity contribution in [3.8, 4) is 22.4 Å². The highest BCUT2D eigenvalue weighted by Crippen LogP contribution is 2.54. The molecule has 6 nitrogen and oxygen atoms in total. The van der Waals surface area contributed by atoms with Gasteiger partial charge < -0.3 is 19.6 Å². The molecule has 2 bridgehead atoms. The summed E-state index contributed by atoms with van der Waals surface area (Å²) in [5.41, 5.74) is 8.26. The number of rotatable bonds is 4. The number of fused-ring (bicyclic) bond motifs is 5. The van der Waals surface area contributed by atoms with Crippen LogP contribution in [0.1, 0.15) is 88.5 Å². The summed E-state index contributed by atoms with van der Waals surface area (Å²) in [5.74, 6) is 1.05. The summed E-state index contributed by atoms with van der Waals surface area (Å²) >= 11 is 0. The smallest absolute Gasteiger partial charge is 0.399 e. The molecule has 192 valence electrons. The van der Waals surface area contributed by atoms with E-state index in [1.807, 2.05) is 6.20 Å². The maximum atomic E-state index is 6.51. The molecule has 3 aromatic rings. The minimum Gasteiger partial charge on any atom is -0.399 e. The monoisotopic (exact) mass is 496 g/mol. The maximum Gasteiger partial charge on any atom is 0.495 e. The van der Waals surface area contributed by atoms with Gasteiger partial charge in [0.25, 0.3) is 0 Å². The molecule has 37 heavy (non-hydrogen) atoms. The summed E-state index contributed by atoms with van der Waals surface area (Å²) in [6, 6.07) is 14.8. The minimum absolute atomic E-state index is 0.327. The summed E-state index contributed by atoms with van der Waals surface area (Å²) in [7, 11) is 1.95. The Morgan fingerprint density at radius 2 is 1.57 bits per heavy atom. The molecule has 7 heteroatoms. The van der Waals surface area contributed by atoms with Crippen molar-refractivity contribution in [2.75, 3.05) is 13.6 Å². The van der Waals surface area contributed by atoms with Gasteiger partial charge in [0.15, 0.2) is 0 Å². The zero-order chi connectivity index (χ0) is 25.5. The maximum absolute atomic E-state index is 6.51. The molecule has 3 fully saturated rings. The molecule has 7 rings (SSSR count). The molecule has 4 aliphatic heterocycles. The van der Waals surface area contributed by atoms with Crippen LogP contribution in [0.4, 0.5) is 0 Å². The second-order valence-electron chi connectivity index (χ2n) is 12.3. The van der Waals surface area contributed by atoms with Gasteiger partial charge in [-0.3, -0.25) is 4.90 Å². The number of aromatic amines is 1. The van der Waals surface area contributed by atoms with Crippen LogP contribution in [-0.2, 0) is 9.31 Å². The Labute approximate surface area is 220 Å². The van der Waals surface area contributed by atoms with Crippen LogP contribution < -0.4 is 10.8 Å². The Morgan fingerprint density at radius 3 is 2.24 bits per heavy atom. The third-order valence-corrected chi connectivity index (χ3v) is 9.68. The van der Waals surface area contributed by atoms with Gasteiger partial charge in [-0.15, -0.1) is 0 Å². The quantitative estimate of drug-likeness (QED) is 0.481. The predicted octanol–water partition coefficient (Wildman–Crippen LogP) is 5.29. The standard InChI is InChI=1S/C30H37BN4O2/c1-29(2)30(3,4)37-31(36-29)21-13-12-20(26-24-14-15-25(27(21)26)35(24)5)18-8-10-19(11-9-18)23-17-33-28(34-23)22-7-6-16-32-22/h8-13,17,22,24-25,32H,6-7,14-16H2,1-5H3,(H,33,34). The van der Waals surface area contributed by atoms with E-state index < -0.39 is 0 Å². The van der Waals surface area contributed by atoms with Crippen molar-refractivity contribution in [3.63, 3.8) is 0 Å². The first-order valence-electron chi connectivity index (χ1n) is 13.9. The SMILES string of the molecule is CN1C2CCC1c1c(-c3ccc(-c4cnc(C5CCCN5)[nH]4)cc3)ccc(B3OC(C)(C)C(C)(C)O3)c12. The molecule has 0 saturated carbocycles. The average molecular weight is 496 g/mol. The highest BCUT2D eigenvalue weighted by atomic mass is 16.7. The van der Waals surface area contributed by atoms with Gasteiger partial charge in [0.2, 0.25) is 0 Å². The van der Waals surface area contributed by atoms with E-state index in [2.05, 4.69) is 91.3 Å². The van der Waals surface area contributed by atoms with E-state index in [0.29, 0.717) is 18.1 Å². The zero-order valence-electron chi connectivity index (χ0n) is 22.6. The average Bonchev–Trinajstić information content (AvgIpc) is 3.69. The molecule has 3 unspecified atom stereocenters. The van der Waals surface area contributed by atoms with Gasteiger partial charge >= 0.3 is 7.12 Å². The lowest BCUT2D eigenvalue weighted by molar-refractivity contribution is 0.00578. The molecule has 2 N–H and O–H groups in total. The van der Waals surface area contributed by atoms with Gasteiger partial charge in [-0.05, 0) is 100 Å². The summed E-state index contributed by atoms with van der Waals surface area (Å²) in [6.07, 6.45) is 6.73. The summed E-state index contributed by atoms with van der Waals surface area (Å²) < 4.78 is 13.0. The van der Waals surface area contributed by atoms with Crippen LogP contribution in [0.5, 0.6) is 0 Å². The first-order chi connectivity index (χ1) is 17.7. The van der Waals surface area contributed by atoms with Crippen LogP contribution in [-0.4, -0.2) is 46.8 Å². The molecule has 0 radical (unpaired) electrons. The minimum atomic E-state index is -0.344. The molecule has 2 aromatic carbocycles. The van der Waals surface area contributed by atoms with Crippen LogP contribution in [0.3, 0.4) is 0 Å². The molecule has 1 aromatic heterocycles. The Kier molecular flexibility index (Phi) is 5.29. The van der Waals surface area contributed by atoms with E-state index in [9.17, 15) is 0 Å². The van der Waals surface area contributed by atoms with Crippen LogP contribution in [0.2, 0.25) is 0 Å². The zero-order valence-corrected chi connectivity index (χ0v) is 22.6. The Balaban J connectivity index is 1.24. The molecule has 3 saturated heterocycles. The number of imidazole rings is 1. The summed E-state index contributed by atoms with van der Waals surface area (Å²) in [4.78, 5) is 10.8. The fourth-order valence-electron chi connectivity index (χ4n) is 6.86. The number of H-pyrrole nitrogens is 1. The van der Waals surface area contributed by atoms with E-state index >= 15 is 0 Å². The number of nitrogens with zero attached hydrogens (tertiary/aromatic N) is 2. The van der Waals surface area contributed by atoms with E-state index in [4.69, 9.17) is 9.31 Å². The van der Waals surface area contributed by atoms with E-state index in [1.54, 1.807) is 0 Å². The van der Waals surface area contributed by atoms with Gasteiger partial charge in [-0.2, -0.15) is 0 Å². The van der Waals surface area contributed by atoms with Crippen molar-refractivity contribution in [2.24, 2.45) is 0 Å². The number of benzene rings is 2. The fourth-order valence-corrected chi connectivity index (χ4v) is 6.86. The summed E-state index contributed by atoms with van der Waals surface area (Å²) in [5, 5.41) is 3.53. The molecular formula is C30H37BN4O2. The molecular weight excluding hydrogens is 459 g/mol. The van der Waals surface area contributed by atoms with Crippen molar-refractivity contribution >= 4 is 12.6 Å². The normalized spacial score (nSPS) is 27.8. The molecule has 4 aliphatic rings. The Hall–Kier alpha value is -2.45. The predicted molar refractivity (Wildman–Crippen MR) is 148 cm³/mol. The molecule has 0 amide bonds. The third-order valence-electron chi connectivity index (χ3n) is 9.68. The molecule has 0 spiro atoms. The Bertz CT molecular complexity index is 1330. The van der Waals surface area contributed by atoms with Gasteiger partial charge in [0.1, 0.15) is 5.82 Å². The van der Waals surface area contributed by atoms with Crippen molar-refractivity contribution in [1.29, 1.82) is 0 Å². The molecule has 5 heterocycles. The van der Waals surface area contributed by atoms with Gasteiger partial charge in [0, 0.05) is 12.1 Å². The van der Waals surface area contributed by atoms with Crippen LogP contribution in [0, 0.1) is 0 Å².